The van der Waals surface area contributed by atoms with E-state index in [1.165, 1.54) is 96.3 Å². The minimum Gasteiger partial charge on any atom is -0.481 e. The first-order chi connectivity index (χ1) is 20.3. The highest BCUT2D eigenvalue weighted by Crippen LogP contribution is 2.80. The highest BCUT2D eigenvalue weighted by molar-refractivity contribution is 5.74. The van der Waals surface area contributed by atoms with Crippen molar-refractivity contribution >= 4 is 5.97 Å². The number of carbonyl (C=O) groups is 1. The number of fused-ring (bicyclic) bond motifs is 7. The van der Waals surface area contributed by atoms with Crippen LogP contribution in [0.2, 0.25) is 0 Å². The van der Waals surface area contributed by atoms with Crippen molar-refractivity contribution in [3.05, 3.63) is 0 Å². The molecule has 6 saturated carbocycles. The van der Waals surface area contributed by atoms with Crippen molar-refractivity contribution in [3.63, 3.8) is 0 Å². The zero-order valence-corrected chi connectivity index (χ0v) is 28.4. The molecule has 43 heavy (non-hydrogen) atoms. The van der Waals surface area contributed by atoms with Crippen molar-refractivity contribution in [2.45, 2.75) is 169 Å². The summed E-state index contributed by atoms with van der Waals surface area (Å²) in [5.41, 5.74) is 0.596. The molecule has 0 amide bonds. The summed E-state index contributed by atoms with van der Waals surface area (Å²) in [5, 5.41) is 21.9. The third-order valence-corrected chi connectivity index (χ3v) is 17.5. The molecule has 4 nitrogen and oxygen atoms in total. The van der Waals surface area contributed by atoms with Crippen LogP contribution in [-0.2, 0) is 9.53 Å². The highest BCUT2D eigenvalue weighted by atomic mass is 16.6. The van der Waals surface area contributed by atoms with Crippen LogP contribution in [0.4, 0.5) is 0 Å². The summed E-state index contributed by atoms with van der Waals surface area (Å²) in [7, 11) is 0. The van der Waals surface area contributed by atoms with E-state index < -0.39 is 17.2 Å². The number of rotatable bonds is 7. The first-order valence-corrected chi connectivity index (χ1v) is 18.9. The summed E-state index contributed by atoms with van der Waals surface area (Å²) >= 11 is 0. The Kier molecular flexibility index (Phi) is 7.35. The van der Waals surface area contributed by atoms with E-state index in [9.17, 15) is 15.0 Å². The Morgan fingerprint density at radius 1 is 0.791 bits per heavy atom. The molecule has 11 unspecified atom stereocenters. The Bertz CT molecular complexity index is 1100. The third-order valence-electron chi connectivity index (χ3n) is 17.5. The molecule has 1 saturated heterocycles. The molecule has 0 radical (unpaired) electrons. The molecule has 244 valence electrons. The standard InChI is InChI=1S/C39H64O4/c1-27-37-17-14-29-35(4,30(37)15-18-39(27,42)43-26-37)22-24-38(16-10-6-7-11-28-12-8-9-13-28)31-25-34(3,32(40)41)20-19-33(31,2)21-23-36(29,38)5/h27-31,42H,6-26H2,1-5H3,(H,40,41). The van der Waals surface area contributed by atoms with Gasteiger partial charge in [-0.05, 0) is 123 Å². The molecule has 1 aliphatic heterocycles. The van der Waals surface area contributed by atoms with Gasteiger partial charge in [0.1, 0.15) is 0 Å². The first-order valence-electron chi connectivity index (χ1n) is 18.9. The molecule has 7 rings (SSSR count). The fourth-order valence-electron chi connectivity index (χ4n) is 14.6. The molecule has 2 N–H and O–H groups in total. The molecule has 2 bridgehead atoms. The lowest BCUT2D eigenvalue weighted by atomic mass is 9.29. The van der Waals surface area contributed by atoms with Crippen LogP contribution in [-0.4, -0.2) is 28.6 Å². The number of hydrogen-bond donors (Lipinski definition) is 2. The molecule has 1 heterocycles. The maximum absolute atomic E-state index is 12.8. The predicted octanol–water partition coefficient (Wildman–Crippen LogP) is 9.77. The van der Waals surface area contributed by atoms with Crippen molar-refractivity contribution in [1.82, 2.24) is 0 Å². The van der Waals surface area contributed by atoms with E-state index in [4.69, 9.17) is 4.74 Å². The van der Waals surface area contributed by atoms with Crippen molar-refractivity contribution < 1.29 is 19.7 Å². The van der Waals surface area contributed by atoms with Gasteiger partial charge in [-0.15, -0.1) is 0 Å². The fraction of sp³-hybridized carbons (Fsp3) is 0.974. The average molecular weight is 597 g/mol. The van der Waals surface area contributed by atoms with Gasteiger partial charge in [-0.3, -0.25) is 4.79 Å². The van der Waals surface area contributed by atoms with Crippen LogP contribution in [0.15, 0.2) is 0 Å². The summed E-state index contributed by atoms with van der Waals surface area (Å²) < 4.78 is 6.26. The van der Waals surface area contributed by atoms with Crippen LogP contribution in [0.25, 0.3) is 0 Å². The second-order valence-corrected chi connectivity index (χ2v) is 18.9. The molecule has 0 aromatic rings. The van der Waals surface area contributed by atoms with Crippen LogP contribution in [0.5, 0.6) is 0 Å². The largest absolute Gasteiger partial charge is 0.481 e. The van der Waals surface area contributed by atoms with Gasteiger partial charge in [-0.2, -0.15) is 0 Å². The molecule has 11 atom stereocenters. The third kappa shape index (κ3) is 4.22. The summed E-state index contributed by atoms with van der Waals surface area (Å²) in [6, 6.07) is 0. The molecule has 0 aromatic carbocycles. The number of unbranched alkanes of at least 4 members (excludes halogenated alkanes) is 2. The predicted molar refractivity (Wildman–Crippen MR) is 171 cm³/mol. The molecule has 7 aliphatic rings. The minimum absolute atomic E-state index is 0.130. The van der Waals surface area contributed by atoms with Crippen molar-refractivity contribution in [1.29, 1.82) is 0 Å². The normalized spacial score (nSPS) is 54.4. The van der Waals surface area contributed by atoms with Crippen LogP contribution in [0, 0.1) is 62.1 Å². The number of carboxylic acid groups (broad SMARTS) is 1. The van der Waals surface area contributed by atoms with E-state index >= 15 is 0 Å². The minimum atomic E-state index is -0.906. The Morgan fingerprint density at radius 3 is 2.26 bits per heavy atom. The molecule has 1 spiro atoms. The van der Waals surface area contributed by atoms with Gasteiger partial charge < -0.3 is 14.9 Å². The van der Waals surface area contributed by atoms with Crippen LogP contribution < -0.4 is 0 Å². The molecule has 7 fully saturated rings. The van der Waals surface area contributed by atoms with Gasteiger partial charge in [0.25, 0.3) is 0 Å². The van der Waals surface area contributed by atoms with E-state index in [0.717, 1.165) is 44.6 Å². The number of aliphatic hydroxyl groups is 1. The van der Waals surface area contributed by atoms with E-state index in [-0.39, 0.29) is 33.0 Å². The Hall–Kier alpha value is -0.610. The van der Waals surface area contributed by atoms with E-state index in [1.807, 2.05) is 0 Å². The van der Waals surface area contributed by atoms with Gasteiger partial charge in [0.05, 0.1) is 12.0 Å². The molecular weight excluding hydrogens is 532 g/mol. The van der Waals surface area contributed by atoms with Gasteiger partial charge >= 0.3 is 5.97 Å². The topological polar surface area (TPSA) is 66.8 Å². The van der Waals surface area contributed by atoms with Crippen LogP contribution in [0.1, 0.15) is 163 Å². The Labute approximate surface area is 262 Å². The lowest BCUT2D eigenvalue weighted by Gasteiger charge is -2.75. The molecule has 4 heteroatoms. The maximum atomic E-state index is 12.8. The summed E-state index contributed by atoms with van der Waals surface area (Å²) in [6.07, 6.45) is 24.9. The number of ether oxygens (including phenoxy) is 1. The summed E-state index contributed by atoms with van der Waals surface area (Å²) in [5.74, 6) is 1.56. The Morgan fingerprint density at radius 2 is 1.51 bits per heavy atom. The second-order valence-electron chi connectivity index (χ2n) is 18.9. The van der Waals surface area contributed by atoms with E-state index in [0.29, 0.717) is 17.8 Å². The average Bonchev–Trinajstić information content (AvgIpc) is 3.52. The number of aliphatic carboxylic acids is 1. The second kappa shape index (κ2) is 10.2. The summed E-state index contributed by atoms with van der Waals surface area (Å²) in [4.78, 5) is 12.8. The Balaban J connectivity index is 1.22. The summed E-state index contributed by atoms with van der Waals surface area (Å²) in [6.45, 7) is 13.1. The fourth-order valence-corrected chi connectivity index (χ4v) is 14.6. The smallest absolute Gasteiger partial charge is 0.309 e. The van der Waals surface area contributed by atoms with E-state index in [2.05, 4.69) is 34.6 Å². The SMILES string of the molecule is CC1C2(O)CCC3C4(C)CCC5(CCCCCC6CCCC6)C6CC(C)(C(=O)O)CCC6(C)CCC5(C)C4CCC13CO2. The molecular formula is C39H64O4. The maximum Gasteiger partial charge on any atom is 0.309 e. The number of hydrogen-bond acceptors (Lipinski definition) is 3. The monoisotopic (exact) mass is 596 g/mol. The van der Waals surface area contributed by atoms with Crippen molar-refractivity contribution in [2.24, 2.45) is 62.1 Å². The van der Waals surface area contributed by atoms with Gasteiger partial charge in [0.2, 0.25) is 0 Å². The number of carboxylic acids is 1. The van der Waals surface area contributed by atoms with Gasteiger partial charge in [-0.25, -0.2) is 0 Å². The zero-order valence-electron chi connectivity index (χ0n) is 28.4. The van der Waals surface area contributed by atoms with E-state index in [1.54, 1.807) is 0 Å². The van der Waals surface area contributed by atoms with Gasteiger partial charge in [0, 0.05) is 17.8 Å². The molecule has 6 aliphatic carbocycles. The lowest BCUT2D eigenvalue weighted by molar-refractivity contribution is -0.274. The highest BCUT2D eigenvalue weighted by Gasteiger charge is 2.75. The quantitative estimate of drug-likeness (QED) is 0.287. The van der Waals surface area contributed by atoms with Gasteiger partial charge in [0.15, 0.2) is 5.79 Å². The van der Waals surface area contributed by atoms with Crippen molar-refractivity contribution in [2.75, 3.05) is 6.61 Å². The van der Waals surface area contributed by atoms with Gasteiger partial charge in [-0.1, -0.05) is 79.1 Å². The zero-order chi connectivity index (χ0) is 30.5. The molecule has 0 aromatic heterocycles. The van der Waals surface area contributed by atoms with Crippen LogP contribution >= 0.6 is 0 Å². The van der Waals surface area contributed by atoms with Crippen molar-refractivity contribution in [3.8, 4) is 0 Å². The van der Waals surface area contributed by atoms with Crippen LogP contribution in [0.3, 0.4) is 0 Å². The first kappa shape index (κ1) is 31.0. The lowest BCUT2D eigenvalue weighted by Crippen LogP contribution is -2.69.